The Balaban J connectivity index is 2.22. The summed E-state index contributed by atoms with van der Waals surface area (Å²) in [6.45, 7) is 4.69. The van der Waals surface area contributed by atoms with Gasteiger partial charge in [0.25, 0.3) is 0 Å². The normalized spacial score (nSPS) is 26.1. The van der Waals surface area contributed by atoms with Gasteiger partial charge < -0.3 is 14.8 Å². The number of benzene rings is 1. The van der Waals surface area contributed by atoms with Gasteiger partial charge in [-0.3, -0.25) is 0 Å². The molecule has 1 aliphatic rings. The molecule has 4 nitrogen and oxygen atoms in total. The highest BCUT2D eigenvalue weighted by atomic mass is 16.5. The monoisotopic (exact) mass is 277 g/mol. The van der Waals surface area contributed by atoms with Crippen molar-refractivity contribution in [2.45, 2.75) is 44.8 Å². The van der Waals surface area contributed by atoms with Crippen molar-refractivity contribution in [3.8, 4) is 0 Å². The number of hydrogen-bond acceptors (Lipinski definition) is 4. The molecule has 1 saturated heterocycles. The summed E-state index contributed by atoms with van der Waals surface area (Å²) in [5.74, 6) is -0.208. The van der Waals surface area contributed by atoms with E-state index in [1.165, 1.54) is 12.7 Å². The molecule has 1 aromatic rings. The van der Waals surface area contributed by atoms with Crippen molar-refractivity contribution in [1.29, 1.82) is 0 Å². The SMILES string of the molecule is CCC1CC(Nc2ccc(C)cc2)(C(=O)OC)CCO1. The van der Waals surface area contributed by atoms with Gasteiger partial charge >= 0.3 is 5.97 Å². The van der Waals surface area contributed by atoms with Gasteiger partial charge in [-0.1, -0.05) is 24.6 Å². The molecule has 2 unspecified atom stereocenters. The molecule has 2 rings (SSSR count). The van der Waals surface area contributed by atoms with Crippen molar-refractivity contribution in [2.75, 3.05) is 19.0 Å². The fraction of sp³-hybridized carbons (Fsp3) is 0.562. The second kappa shape index (κ2) is 6.27. The number of carbonyl (C=O) groups is 1. The predicted octanol–water partition coefficient (Wildman–Crippen LogP) is 2.91. The van der Waals surface area contributed by atoms with E-state index in [9.17, 15) is 4.79 Å². The van der Waals surface area contributed by atoms with Crippen molar-refractivity contribution in [1.82, 2.24) is 0 Å². The minimum Gasteiger partial charge on any atom is -0.467 e. The summed E-state index contributed by atoms with van der Waals surface area (Å²) in [6, 6.07) is 8.06. The Kier molecular flexibility index (Phi) is 4.65. The number of hydrogen-bond donors (Lipinski definition) is 1. The molecule has 0 aromatic heterocycles. The maximum Gasteiger partial charge on any atom is 0.331 e. The maximum atomic E-state index is 12.3. The van der Waals surface area contributed by atoms with Gasteiger partial charge in [-0.2, -0.15) is 0 Å². The summed E-state index contributed by atoms with van der Waals surface area (Å²) in [6.07, 6.45) is 2.27. The van der Waals surface area contributed by atoms with Crippen LogP contribution in [0.1, 0.15) is 31.7 Å². The fourth-order valence-corrected chi connectivity index (χ4v) is 2.67. The van der Waals surface area contributed by atoms with Crippen LogP contribution in [0.5, 0.6) is 0 Å². The second-order valence-corrected chi connectivity index (χ2v) is 5.42. The summed E-state index contributed by atoms with van der Waals surface area (Å²) in [4.78, 5) is 12.3. The van der Waals surface area contributed by atoms with Crippen molar-refractivity contribution in [3.05, 3.63) is 29.8 Å². The molecular weight excluding hydrogens is 254 g/mol. The Labute approximate surface area is 120 Å². The molecule has 2 atom stereocenters. The van der Waals surface area contributed by atoms with Crippen LogP contribution in [0.25, 0.3) is 0 Å². The molecule has 1 N–H and O–H groups in total. The molecule has 20 heavy (non-hydrogen) atoms. The van der Waals surface area contributed by atoms with Crippen molar-refractivity contribution >= 4 is 11.7 Å². The maximum absolute atomic E-state index is 12.3. The van der Waals surface area contributed by atoms with E-state index in [1.807, 2.05) is 31.2 Å². The Morgan fingerprint density at radius 1 is 1.45 bits per heavy atom. The van der Waals surface area contributed by atoms with Crippen LogP contribution in [-0.4, -0.2) is 31.3 Å². The molecule has 1 heterocycles. The Morgan fingerprint density at radius 3 is 2.75 bits per heavy atom. The lowest BCUT2D eigenvalue weighted by atomic mass is 9.85. The van der Waals surface area contributed by atoms with Gasteiger partial charge in [-0.05, 0) is 25.5 Å². The second-order valence-electron chi connectivity index (χ2n) is 5.42. The average molecular weight is 277 g/mol. The lowest BCUT2D eigenvalue weighted by molar-refractivity contribution is -0.151. The van der Waals surface area contributed by atoms with Crippen molar-refractivity contribution in [3.63, 3.8) is 0 Å². The van der Waals surface area contributed by atoms with Gasteiger partial charge in [0, 0.05) is 25.1 Å². The summed E-state index contributed by atoms with van der Waals surface area (Å²) in [5, 5.41) is 3.38. The zero-order valence-corrected chi connectivity index (χ0v) is 12.4. The molecule has 1 aliphatic heterocycles. The Hall–Kier alpha value is -1.55. The van der Waals surface area contributed by atoms with Crippen LogP contribution in [0.2, 0.25) is 0 Å². The lowest BCUT2D eigenvalue weighted by Gasteiger charge is -2.39. The minimum atomic E-state index is -0.678. The van der Waals surface area contributed by atoms with Crippen LogP contribution in [-0.2, 0) is 14.3 Å². The van der Waals surface area contributed by atoms with Crippen molar-refractivity contribution < 1.29 is 14.3 Å². The summed E-state index contributed by atoms with van der Waals surface area (Å²) < 4.78 is 10.7. The number of carbonyl (C=O) groups excluding carboxylic acids is 1. The topological polar surface area (TPSA) is 47.6 Å². The summed E-state index contributed by atoms with van der Waals surface area (Å²) >= 11 is 0. The number of esters is 1. The first kappa shape index (κ1) is 14.9. The zero-order valence-electron chi connectivity index (χ0n) is 12.4. The van der Waals surface area contributed by atoms with E-state index in [1.54, 1.807) is 0 Å². The molecule has 0 bridgehead atoms. The minimum absolute atomic E-state index is 0.0980. The molecule has 110 valence electrons. The summed E-state index contributed by atoms with van der Waals surface area (Å²) in [5.41, 5.74) is 1.46. The number of nitrogens with one attached hydrogen (secondary N) is 1. The van der Waals surface area contributed by atoms with Gasteiger partial charge in [-0.25, -0.2) is 4.79 Å². The highest BCUT2D eigenvalue weighted by Crippen LogP contribution is 2.31. The molecule has 0 saturated carbocycles. The Morgan fingerprint density at radius 2 is 2.15 bits per heavy atom. The van der Waals surface area contributed by atoms with Crippen LogP contribution in [0, 0.1) is 6.92 Å². The fourth-order valence-electron chi connectivity index (χ4n) is 2.67. The Bertz CT molecular complexity index is 457. The van der Waals surface area contributed by atoms with Crippen LogP contribution >= 0.6 is 0 Å². The third-order valence-electron chi connectivity index (χ3n) is 3.93. The van der Waals surface area contributed by atoms with E-state index in [2.05, 4.69) is 12.2 Å². The average Bonchev–Trinajstić information content (AvgIpc) is 2.49. The highest BCUT2D eigenvalue weighted by molar-refractivity contribution is 5.84. The van der Waals surface area contributed by atoms with Crippen LogP contribution in [0.15, 0.2) is 24.3 Å². The third kappa shape index (κ3) is 3.12. The summed E-state index contributed by atoms with van der Waals surface area (Å²) in [7, 11) is 1.44. The van der Waals surface area contributed by atoms with E-state index < -0.39 is 5.54 Å². The first-order chi connectivity index (χ1) is 9.59. The predicted molar refractivity (Wildman–Crippen MR) is 78.8 cm³/mol. The van der Waals surface area contributed by atoms with E-state index in [-0.39, 0.29) is 12.1 Å². The molecule has 1 fully saturated rings. The molecule has 0 aliphatic carbocycles. The molecule has 0 amide bonds. The van der Waals surface area contributed by atoms with E-state index in [0.29, 0.717) is 19.4 Å². The van der Waals surface area contributed by atoms with E-state index in [4.69, 9.17) is 9.47 Å². The molecule has 1 aromatic carbocycles. The smallest absolute Gasteiger partial charge is 0.331 e. The quantitative estimate of drug-likeness (QED) is 0.860. The van der Waals surface area contributed by atoms with E-state index in [0.717, 1.165) is 12.1 Å². The molecule has 0 spiro atoms. The van der Waals surface area contributed by atoms with Gasteiger partial charge in [-0.15, -0.1) is 0 Å². The zero-order chi connectivity index (χ0) is 14.6. The van der Waals surface area contributed by atoms with Gasteiger partial charge in [0.2, 0.25) is 0 Å². The highest BCUT2D eigenvalue weighted by Gasteiger charge is 2.44. The molecule has 0 radical (unpaired) electrons. The van der Waals surface area contributed by atoms with E-state index >= 15 is 0 Å². The number of anilines is 1. The first-order valence-electron chi connectivity index (χ1n) is 7.14. The number of ether oxygens (including phenoxy) is 2. The number of rotatable bonds is 4. The van der Waals surface area contributed by atoms with Crippen LogP contribution in [0.3, 0.4) is 0 Å². The number of methoxy groups -OCH3 is 1. The first-order valence-corrected chi connectivity index (χ1v) is 7.14. The standard InChI is InChI=1S/C16H23NO3/c1-4-14-11-16(9-10-20-14,15(18)19-3)17-13-7-5-12(2)6-8-13/h5-8,14,17H,4,9-11H2,1-3H3. The van der Waals surface area contributed by atoms with Crippen molar-refractivity contribution in [2.24, 2.45) is 0 Å². The van der Waals surface area contributed by atoms with Crippen LogP contribution in [0.4, 0.5) is 5.69 Å². The number of aryl methyl sites for hydroxylation is 1. The molecule has 4 heteroatoms. The molecular formula is C16H23NO3. The largest absolute Gasteiger partial charge is 0.467 e. The van der Waals surface area contributed by atoms with Gasteiger partial charge in [0.1, 0.15) is 5.54 Å². The van der Waals surface area contributed by atoms with Gasteiger partial charge in [0.15, 0.2) is 0 Å². The van der Waals surface area contributed by atoms with Crippen LogP contribution < -0.4 is 5.32 Å². The lowest BCUT2D eigenvalue weighted by Crippen LogP contribution is -2.53. The third-order valence-corrected chi connectivity index (χ3v) is 3.93. The van der Waals surface area contributed by atoms with Gasteiger partial charge in [0.05, 0.1) is 13.2 Å².